The van der Waals surface area contributed by atoms with Gasteiger partial charge in [-0.05, 0) is 29.1 Å². The average molecular weight is 304 g/mol. The summed E-state index contributed by atoms with van der Waals surface area (Å²) in [6.45, 7) is 0.209. The van der Waals surface area contributed by atoms with Gasteiger partial charge in [-0.15, -0.1) is 11.3 Å². The van der Waals surface area contributed by atoms with Crippen LogP contribution in [0, 0.1) is 11.6 Å². The van der Waals surface area contributed by atoms with Gasteiger partial charge in [0.05, 0.1) is 5.69 Å². The summed E-state index contributed by atoms with van der Waals surface area (Å²) >= 11 is 0.964. The van der Waals surface area contributed by atoms with Crippen LogP contribution in [0.2, 0.25) is 0 Å². The van der Waals surface area contributed by atoms with Gasteiger partial charge in [0.2, 0.25) is 0 Å². The van der Waals surface area contributed by atoms with Crippen molar-refractivity contribution in [3.8, 4) is 0 Å². The standard InChI is InChI=1S/C11H10F2N2O2S2/c12-8-1-2-9(13)10(4-8)15-19(16,17)11-3-7(5-14)6-18-11/h1-4,6,15H,5,14H2. The molecule has 1 aromatic carbocycles. The number of rotatable bonds is 4. The number of sulfonamides is 1. The van der Waals surface area contributed by atoms with Gasteiger partial charge in [-0.1, -0.05) is 0 Å². The van der Waals surface area contributed by atoms with E-state index in [4.69, 9.17) is 5.73 Å². The minimum atomic E-state index is -3.94. The van der Waals surface area contributed by atoms with Crippen LogP contribution >= 0.6 is 11.3 Å². The quantitative estimate of drug-likeness (QED) is 0.910. The number of halogens is 2. The minimum Gasteiger partial charge on any atom is -0.326 e. The van der Waals surface area contributed by atoms with Crippen LogP contribution in [-0.4, -0.2) is 8.42 Å². The molecule has 0 radical (unpaired) electrons. The van der Waals surface area contributed by atoms with Crippen LogP contribution in [0.25, 0.3) is 0 Å². The Morgan fingerprint density at radius 3 is 2.63 bits per heavy atom. The minimum absolute atomic E-state index is 0.00314. The number of hydrogen-bond donors (Lipinski definition) is 2. The summed E-state index contributed by atoms with van der Waals surface area (Å²) in [5.41, 5.74) is 5.61. The smallest absolute Gasteiger partial charge is 0.271 e. The second-order valence-electron chi connectivity index (χ2n) is 3.71. The van der Waals surface area contributed by atoms with E-state index in [0.717, 1.165) is 29.5 Å². The SMILES string of the molecule is NCc1csc(S(=O)(=O)Nc2cc(F)ccc2F)c1. The first-order valence-electron chi connectivity index (χ1n) is 5.18. The summed E-state index contributed by atoms with van der Waals surface area (Å²) in [4.78, 5) is 0. The maximum atomic E-state index is 13.4. The molecule has 0 aliphatic heterocycles. The molecule has 2 rings (SSSR count). The topological polar surface area (TPSA) is 72.2 Å². The molecule has 0 saturated heterocycles. The monoisotopic (exact) mass is 304 g/mol. The van der Waals surface area contributed by atoms with Gasteiger partial charge < -0.3 is 5.73 Å². The highest BCUT2D eigenvalue weighted by Gasteiger charge is 2.18. The lowest BCUT2D eigenvalue weighted by atomic mass is 10.3. The molecular formula is C11H10F2N2O2S2. The van der Waals surface area contributed by atoms with Crippen LogP contribution in [0.3, 0.4) is 0 Å². The third-order valence-electron chi connectivity index (χ3n) is 2.30. The Labute approximate surface area is 112 Å². The zero-order chi connectivity index (χ0) is 14.0. The van der Waals surface area contributed by atoms with E-state index in [0.29, 0.717) is 5.56 Å². The molecule has 0 saturated carbocycles. The lowest BCUT2D eigenvalue weighted by Gasteiger charge is -2.07. The van der Waals surface area contributed by atoms with Crippen LogP contribution in [0.5, 0.6) is 0 Å². The van der Waals surface area contributed by atoms with Gasteiger partial charge in [0.25, 0.3) is 10.0 Å². The van der Waals surface area contributed by atoms with E-state index in [-0.39, 0.29) is 10.8 Å². The van der Waals surface area contributed by atoms with Gasteiger partial charge in [-0.25, -0.2) is 17.2 Å². The van der Waals surface area contributed by atoms with Crippen molar-refractivity contribution in [2.24, 2.45) is 5.73 Å². The van der Waals surface area contributed by atoms with Crippen LogP contribution in [0.4, 0.5) is 14.5 Å². The molecule has 4 nitrogen and oxygen atoms in total. The summed E-state index contributed by atoms with van der Waals surface area (Å²) in [5, 5.41) is 1.59. The summed E-state index contributed by atoms with van der Waals surface area (Å²) in [7, 11) is -3.94. The molecule has 8 heteroatoms. The maximum absolute atomic E-state index is 13.4. The van der Waals surface area contributed by atoms with E-state index in [1.54, 1.807) is 5.38 Å². The molecule has 0 aliphatic carbocycles. The van der Waals surface area contributed by atoms with Gasteiger partial charge >= 0.3 is 0 Å². The number of nitrogens with one attached hydrogen (secondary N) is 1. The van der Waals surface area contributed by atoms with Crippen molar-refractivity contribution >= 4 is 27.0 Å². The third-order valence-corrected chi connectivity index (χ3v) is 5.16. The first-order chi connectivity index (χ1) is 8.92. The van der Waals surface area contributed by atoms with Gasteiger partial charge in [0, 0.05) is 12.6 Å². The zero-order valence-electron chi connectivity index (χ0n) is 9.56. The molecule has 0 fully saturated rings. The van der Waals surface area contributed by atoms with E-state index in [2.05, 4.69) is 0 Å². The van der Waals surface area contributed by atoms with Crippen LogP contribution in [0.15, 0.2) is 33.9 Å². The molecule has 0 amide bonds. The Hall–Kier alpha value is -1.51. The van der Waals surface area contributed by atoms with Crippen molar-refractivity contribution in [1.82, 2.24) is 0 Å². The lowest BCUT2D eigenvalue weighted by Crippen LogP contribution is -2.13. The normalized spacial score (nSPS) is 11.5. The molecule has 19 heavy (non-hydrogen) atoms. The van der Waals surface area contributed by atoms with E-state index < -0.39 is 27.3 Å². The molecule has 0 atom stereocenters. The fraction of sp³-hybridized carbons (Fsp3) is 0.0909. The van der Waals surface area contributed by atoms with Crippen molar-refractivity contribution < 1.29 is 17.2 Å². The predicted octanol–water partition coefficient (Wildman–Crippen LogP) is 2.29. The Bertz CT molecular complexity index is 698. The number of anilines is 1. The van der Waals surface area contributed by atoms with E-state index >= 15 is 0 Å². The molecule has 0 spiro atoms. The predicted molar refractivity (Wildman–Crippen MR) is 69.4 cm³/mol. The fourth-order valence-corrected chi connectivity index (χ4v) is 3.65. The summed E-state index contributed by atoms with van der Waals surface area (Å²) in [6.07, 6.45) is 0. The molecule has 0 unspecified atom stereocenters. The van der Waals surface area contributed by atoms with Crippen molar-refractivity contribution in [1.29, 1.82) is 0 Å². The molecule has 1 aromatic heterocycles. The van der Waals surface area contributed by atoms with Crippen LogP contribution in [-0.2, 0) is 16.6 Å². The second-order valence-corrected chi connectivity index (χ2v) is 6.53. The second kappa shape index (κ2) is 5.24. The summed E-state index contributed by atoms with van der Waals surface area (Å²) < 4.78 is 52.3. The Morgan fingerprint density at radius 1 is 1.26 bits per heavy atom. The highest BCUT2D eigenvalue weighted by atomic mass is 32.2. The van der Waals surface area contributed by atoms with Gasteiger partial charge in [-0.3, -0.25) is 4.72 Å². The van der Waals surface area contributed by atoms with Crippen molar-refractivity contribution in [3.63, 3.8) is 0 Å². The zero-order valence-corrected chi connectivity index (χ0v) is 11.2. The lowest BCUT2D eigenvalue weighted by molar-refractivity contribution is 0.595. The van der Waals surface area contributed by atoms with Crippen molar-refractivity contribution in [2.75, 3.05) is 4.72 Å². The summed E-state index contributed by atoms with van der Waals surface area (Å²) in [5.74, 6) is -1.58. The molecule has 1 heterocycles. The first kappa shape index (κ1) is 13.9. The van der Waals surface area contributed by atoms with Crippen molar-refractivity contribution in [2.45, 2.75) is 10.8 Å². The maximum Gasteiger partial charge on any atom is 0.271 e. The Balaban J connectivity index is 2.33. The molecule has 102 valence electrons. The largest absolute Gasteiger partial charge is 0.326 e. The number of hydrogen-bond acceptors (Lipinski definition) is 4. The molecule has 0 bridgehead atoms. The number of benzene rings is 1. The number of thiophene rings is 1. The Kier molecular flexibility index (Phi) is 3.83. The van der Waals surface area contributed by atoms with Crippen LogP contribution < -0.4 is 10.5 Å². The molecular weight excluding hydrogens is 294 g/mol. The highest BCUT2D eigenvalue weighted by molar-refractivity contribution is 7.94. The van der Waals surface area contributed by atoms with E-state index in [1.807, 2.05) is 4.72 Å². The van der Waals surface area contributed by atoms with E-state index in [9.17, 15) is 17.2 Å². The Morgan fingerprint density at radius 2 is 2.00 bits per heavy atom. The highest BCUT2D eigenvalue weighted by Crippen LogP contribution is 2.24. The molecule has 0 aliphatic rings. The van der Waals surface area contributed by atoms with Crippen LogP contribution in [0.1, 0.15) is 5.56 Å². The first-order valence-corrected chi connectivity index (χ1v) is 7.54. The molecule has 2 aromatic rings. The summed E-state index contributed by atoms with van der Waals surface area (Å²) in [6, 6.07) is 3.94. The van der Waals surface area contributed by atoms with Gasteiger partial charge in [-0.2, -0.15) is 0 Å². The van der Waals surface area contributed by atoms with Gasteiger partial charge in [0.15, 0.2) is 0 Å². The van der Waals surface area contributed by atoms with Crippen molar-refractivity contribution in [3.05, 3.63) is 46.8 Å². The van der Waals surface area contributed by atoms with Gasteiger partial charge in [0.1, 0.15) is 15.8 Å². The number of nitrogens with two attached hydrogens (primary N) is 1. The average Bonchev–Trinajstić information content (AvgIpc) is 2.83. The third kappa shape index (κ3) is 3.09. The molecule has 3 N–H and O–H groups in total. The fourth-order valence-electron chi connectivity index (χ4n) is 1.37. The van der Waals surface area contributed by atoms with E-state index in [1.165, 1.54) is 6.07 Å².